The Morgan fingerprint density at radius 1 is 1.18 bits per heavy atom. The van der Waals surface area contributed by atoms with E-state index in [1.54, 1.807) is 0 Å². The van der Waals surface area contributed by atoms with E-state index in [0.29, 0.717) is 12.1 Å². The number of likely N-dealkylation sites (tertiary alicyclic amines) is 2. The van der Waals surface area contributed by atoms with Crippen LogP contribution in [0.4, 0.5) is 0 Å². The lowest BCUT2D eigenvalue weighted by molar-refractivity contribution is 0.0303. The molecule has 0 aromatic carbocycles. The van der Waals surface area contributed by atoms with Crippen molar-refractivity contribution in [1.29, 1.82) is 0 Å². The quantitative estimate of drug-likeness (QED) is 0.795. The second-order valence-electron chi connectivity index (χ2n) is 6.17. The van der Waals surface area contributed by atoms with Crippen molar-refractivity contribution < 1.29 is 0 Å². The number of nitrogens with zero attached hydrogens (tertiary/aromatic N) is 2. The Balaban J connectivity index is 1.99. The van der Waals surface area contributed by atoms with Crippen molar-refractivity contribution >= 4 is 0 Å². The minimum absolute atomic E-state index is 0.324. The second-order valence-corrected chi connectivity index (χ2v) is 6.17. The van der Waals surface area contributed by atoms with Gasteiger partial charge >= 0.3 is 0 Å². The summed E-state index contributed by atoms with van der Waals surface area (Å²) in [6, 6.07) is 2.46. The van der Waals surface area contributed by atoms with Gasteiger partial charge in [-0.3, -0.25) is 4.90 Å². The Labute approximate surface area is 106 Å². The molecule has 0 saturated carbocycles. The zero-order valence-electron chi connectivity index (χ0n) is 11.7. The van der Waals surface area contributed by atoms with Gasteiger partial charge in [0.2, 0.25) is 0 Å². The molecule has 0 amide bonds. The van der Waals surface area contributed by atoms with Crippen LogP contribution < -0.4 is 5.73 Å². The molecule has 0 bridgehead atoms. The molecule has 2 N–H and O–H groups in total. The van der Waals surface area contributed by atoms with E-state index < -0.39 is 0 Å². The van der Waals surface area contributed by atoms with E-state index in [4.69, 9.17) is 5.73 Å². The Morgan fingerprint density at radius 2 is 1.94 bits per heavy atom. The second kappa shape index (κ2) is 5.68. The normalized spacial score (nSPS) is 39.2. The van der Waals surface area contributed by atoms with E-state index in [9.17, 15) is 0 Å². The molecular formula is C14H29N3. The zero-order chi connectivity index (χ0) is 12.4. The van der Waals surface area contributed by atoms with Crippen molar-refractivity contribution in [3.63, 3.8) is 0 Å². The maximum atomic E-state index is 6.17. The Kier molecular flexibility index (Phi) is 4.45. The van der Waals surface area contributed by atoms with Crippen LogP contribution in [0.2, 0.25) is 0 Å². The van der Waals surface area contributed by atoms with Crippen molar-refractivity contribution in [3.8, 4) is 0 Å². The molecule has 2 rings (SSSR count). The lowest BCUT2D eigenvalue weighted by Crippen LogP contribution is -2.56. The molecule has 100 valence electrons. The lowest BCUT2D eigenvalue weighted by Gasteiger charge is -2.47. The van der Waals surface area contributed by atoms with Crippen LogP contribution in [0.5, 0.6) is 0 Å². The van der Waals surface area contributed by atoms with Crippen molar-refractivity contribution in [2.45, 2.75) is 70.1 Å². The molecule has 2 heterocycles. The number of rotatable bonds is 2. The topological polar surface area (TPSA) is 32.5 Å². The summed E-state index contributed by atoms with van der Waals surface area (Å²) in [5.74, 6) is 0. The van der Waals surface area contributed by atoms with Crippen molar-refractivity contribution in [2.75, 3.05) is 20.1 Å². The lowest BCUT2D eigenvalue weighted by atomic mass is 9.90. The van der Waals surface area contributed by atoms with E-state index in [-0.39, 0.29) is 0 Å². The van der Waals surface area contributed by atoms with Gasteiger partial charge < -0.3 is 10.6 Å². The molecule has 3 nitrogen and oxygen atoms in total. The Morgan fingerprint density at radius 3 is 2.59 bits per heavy atom. The minimum atomic E-state index is 0.324. The Bertz CT molecular complexity index is 242. The fraction of sp³-hybridized carbons (Fsp3) is 1.00. The number of hydrogen-bond acceptors (Lipinski definition) is 3. The summed E-state index contributed by atoms with van der Waals surface area (Å²) < 4.78 is 0. The van der Waals surface area contributed by atoms with Gasteiger partial charge in [-0.15, -0.1) is 0 Å². The smallest absolute Gasteiger partial charge is 0.0247 e. The van der Waals surface area contributed by atoms with Crippen LogP contribution in [-0.4, -0.2) is 54.1 Å². The molecule has 2 aliphatic rings. The highest BCUT2D eigenvalue weighted by Crippen LogP contribution is 2.28. The van der Waals surface area contributed by atoms with Gasteiger partial charge in [-0.25, -0.2) is 0 Å². The van der Waals surface area contributed by atoms with Gasteiger partial charge in [0.1, 0.15) is 0 Å². The molecule has 0 radical (unpaired) electrons. The molecule has 0 aromatic heterocycles. The van der Waals surface area contributed by atoms with Crippen LogP contribution >= 0.6 is 0 Å². The molecule has 4 atom stereocenters. The fourth-order valence-electron chi connectivity index (χ4n) is 3.56. The number of nitrogens with two attached hydrogens (primary N) is 1. The van der Waals surface area contributed by atoms with Gasteiger partial charge in [0, 0.05) is 24.2 Å². The molecule has 0 aromatic rings. The van der Waals surface area contributed by atoms with Crippen LogP contribution in [0.1, 0.15) is 46.0 Å². The summed E-state index contributed by atoms with van der Waals surface area (Å²) in [6.45, 7) is 7.06. The predicted molar refractivity (Wildman–Crippen MR) is 73.1 cm³/mol. The van der Waals surface area contributed by atoms with E-state index in [0.717, 1.165) is 12.1 Å². The van der Waals surface area contributed by atoms with Crippen LogP contribution in [-0.2, 0) is 0 Å². The molecule has 2 fully saturated rings. The van der Waals surface area contributed by atoms with Crippen molar-refractivity contribution in [2.24, 2.45) is 5.73 Å². The van der Waals surface area contributed by atoms with Gasteiger partial charge in [0.25, 0.3) is 0 Å². The first-order valence-electron chi connectivity index (χ1n) is 7.31. The minimum Gasteiger partial charge on any atom is -0.327 e. The maximum absolute atomic E-state index is 6.17. The average Bonchev–Trinajstić information content (AvgIpc) is 2.32. The zero-order valence-corrected chi connectivity index (χ0v) is 11.7. The SMILES string of the molecule is CC(N)C1CCCCN1C1CCN(C)C(C)C1. The van der Waals surface area contributed by atoms with Crippen LogP contribution in [0.3, 0.4) is 0 Å². The van der Waals surface area contributed by atoms with Crippen molar-refractivity contribution in [3.05, 3.63) is 0 Å². The van der Waals surface area contributed by atoms with E-state index in [2.05, 4.69) is 30.7 Å². The van der Waals surface area contributed by atoms with Crippen molar-refractivity contribution in [1.82, 2.24) is 9.80 Å². The highest BCUT2D eigenvalue weighted by Gasteiger charge is 2.34. The summed E-state index contributed by atoms with van der Waals surface area (Å²) in [5.41, 5.74) is 6.17. The largest absolute Gasteiger partial charge is 0.327 e. The predicted octanol–water partition coefficient (Wildman–Crippen LogP) is 1.67. The van der Waals surface area contributed by atoms with Crippen LogP contribution in [0, 0.1) is 0 Å². The molecule has 17 heavy (non-hydrogen) atoms. The Hall–Kier alpha value is -0.120. The van der Waals surface area contributed by atoms with Gasteiger partial charge in [-0.2, -0.15) is 0 Å². The third kappa shape index (κ3) is 3.01. The van der Waals surface area contributed by atoms with Crippen LogP contribution in [0.25, 0.3) is 0 Å². The molecular weight excluding hydrogens is 210 g/mol. The molecule has 4 unspecified atom stereocenters. The van der Waals surface area contributed by atoms with Gasteiger partial charge in [0.15, 0.2) is 0 Å². The van der Waals surface area contributed by atoms with Gasteiger partial charge in [-0.05, 0) is 59.7 Å². The molecule has 2 aliphatic heterocycles. The van der Waals surface area contributed by atoms with Gasteiger partial charge in [-0.1, -0.05) is 6.42 Å². The standard InChI is InChI=1S/C14H29N3/c1-11-10-13(7-9-16(11)3)17-8-5-4-6-14(17)12(2)15/h11-14H,4-10,15H2,1-3H3. The first kappa shape index (κ1) is 13.3. The molecule has 2 saturated heterocycles. The molecule has 3 heteroatoms. The summed E-state index contributed by atoms with van der Waals surface area (Å²) in [5, 5.41) is 0. The van der Waals surface area contributed by atoms with E-state index in [1.165, 1.54) is 45.2 Å². The molecule has 0 aliphatic carbocycles. The fourth-order valence-corrected chi connectivity index (χ4v) is 3.56. The average molecular weight is 239 g/mol. The third-order valence-electron chi connectivity index (χ3n) is 4.85. The number of hydrogen-bond donors (Lipinski definition) is 1. The summed E-state index contributed by atoms with van der Waals surface area (Å²) >= 11 is 0. The maximum Gasteiger partial charge on any atom is 0.0247 e. The molecule has 0 spiro atoms. The summed E-state index contributed by atoms with van der Waals surface area (Å²) in [6.07, 6.45) is 6.68. The van der Waals surface area contributed by atoms with Crippen LogP contribution in [0.15, 0.2) is 0 Å². The van der Waals surface area contributed by atoms with Gasteiger partial charge in [0.05, 0.1) is 0 Å². The highest BCUT2D eigenvalue weighted by molar-refractivity contribution is 4.91. The summed E-state index contributed by atoms with van der Waals surface area (Å²) in [4.78, 5) is 5.22. The number of piperidine rings is 2. The van der Waals surface area contributed by atoms with E-state index >= 15 is 0 Å². The first-order valence-corrected chi connectivity index (χ1v) is 7.31. The van der Waals surface area contributed by atoms with E-state index in [1.807, 2.05) is 0 Å². The first-order chi connectivity index (χ1) is 8.09. The summed E-state index contributed by atoms with van der Waals surface area (Å²) in [7, 11) is 2.25. The third-order valence-corrected chi connectivity index (χ3v) is 4.85. The monoisotopic (exact) mass is 239 g/mol. The highest BCUT2D eigenvalue weighted by atomic mass is 15.2.